The number of aromatic hydroxyl groups is 2. The van der Waals surface area contributed by atoms with E-state index < -0.39 is 24.0 Å². The molecule has 0 amide bonds. The number of benzene rings is 6. The summed E-state index contributed by atoms with van der Waals surface area (Å²) in [5, 5.41) is 56.4. The van der Waals surface area contributed by atoms with E-state index in [-0.39, 0.29) is 11.5 Å². The maximum atomic E-state index is 13.8. The number of hydrogen-bond acceptors (Lipinski definition) is 4. The van der Waals surface area contributed by atoms with Gasteiger partial charge in [0.15, 0.2) is 0 Å². The van der Waals surface area contributed by atoms with E-state index >= 15 is 0 Å². The summed E-state index contributed by atoms with van der Waals surface area (Å²) < 4.78 is 0. The topological polar surface area (TPSA) is 86.6 Å². The third-order valence-electron chi connectivity index (χ3n) is 7.89. The van der Waals surface area contributed by atoms with Crippen molar-refractivity contribution in [3.8, 4) is 11.5 Å². The Labute approximate surface area is 207 Å². The second-order valence-electron chi connectivity index (χ2n) is 9.82. The van der Waals surface area contributed by atoms with E-state index in [1.807, 2.05) is 84.9 Å². The van der Waals surface area contributed by atoms with Crippen LogP contribution < -0.4 is 10.2 Å². The molecule has 4 nitrogen and oxygen atoms in total. The second kappa shape index (κ2) is 7.69. The molecule has 1 saturated carbocycles. The molecule has 0 aliphatic heterocycles. The molecule has 6 aromatic carbocycles. The molecule has 0 radical (unpaired) electrons. The number of fused-ring (bicyclic) bond motifs is 4. The fourth-order valence-electron chi connectivity index (χ4n) is 6.08. The third kappa shape index (κ3) is 2.95. The molecule has 1 aliphatic carbocycles. The average Bonchev–Trinajstić information content (AvgIpc) is 2.90. The van der Waals surface area contributed by atoms with Gasteiger partial charge in [-0.1, -0.05) is 60.7 Å². The Kier molecular flexibility index (Phi) is 4.53. The van der Waals surface area contributed by atoms with E-state index in [0.29, 0.717) is 11.1 Å². The minimum atomic E-state index is -1.29. The van der Waals surface area contributed by atoms with Crippen LogP contribution in [0.5, 0.6) is 11.5 Å². The largest absolute Gasteiger partial charge is 0.851 e. The van der Waals surface area contributed by atoms with Crippen LogP contribution in [0.15, 0.2) is 97.1 Å². The molecule has 176 valence electrons. The lowest BCUT2D eigenvalue weighted by Crippen LogP contribution is -2.63. The number of hydrogen-bond donors (Lipinski definition) is 2. The quantitative estimate of drug-likeness (QED) is 0.347. The maximum absolute atomic E-state index is 13.8. The Hall–Kier alpha value is -4.12. The summed E-state index contributed by atoms with van der Waals surface area (Å²) in [6, 6.07) is 30.5. The highest BCUT2D eigenvalue weighted by molar-refractivity contribution is 6.02. The first-order valence-corrected chi connectivity index (χ1v) is 12.1. The zero-order valence-corrected chi connectivity index (χ0v) is 19.3. The van der Waals surface area contributed by atoms with Crippen LogP contribution in [0, 0.1) is 0 Å². The lowest BCUT2D eigenvalue weighted by molar-refractivity contribution is -0.535. The lowest BCUT2D eigenvalue weighted by atomic mass is 9.61. The van der Waals surface area contributed by atoms with E-state index in [9.17, 15) is 20.4 Å². The molecule has 2 N–H and O–H groups in total. The highest BCUT2D eigenvalue weighted by atomic mass is 16.3. The van der Waals surface area contributed by atoms with Crippen LogP contribution in [0.1, 0.15) is 23.0 Å². The summed E-state index contributed by atoms with van der Waals surface area (Å²) in [5.74, 6) is -1.88. The number of phenolic OH excluding ortho intramolecular Hbond substituents is 2. The van der Waals surface area contributed by atoms with Crippen LogP contribution in [-0.4, -0.2) is 22.4 Å². The first-order chi connectivity index (χ1) is 17.5. The van der Waals surface area contributed by atoms with Gasteiger partial charge in [-0.2, -0.15) is 0 Å². The number of phenols is 2. The van der Waals surface area contributed by atoms with Crippen LogP contribution in [0.4, 0.5) is 0 Å². The van der Waals surface area contributed by atoms with Gasteiger partial charge in [-0.25, -0.2) is 0 Å². The van der Waals surface area contributed by atoms with Gasteiger partial charge in [0.2, 0.25) is 0 Å². The average molecular weight is 471 g/mol. The fourth-order valence-corrected chi connectivity index (χ4v) is 6.08. The summed E-state index contributed by atoms with van der Waals surface area (Å²) >= 11 is 0. The Bertz CT molecular complexity index is 1680. The lowest BCUT2D eigenvalue weighted by Gasteiger charge is -2.62. The van der Waals surface area contributed by atoms with Gasteiger partial charge in [-0.3, -0.25) is 0 Å². The van der Waals surface area contributed by atoms with Gasteiger partial charge in [0, 0.05) is 11.1 Å². The van der Waals surface area contributed by atoms with Crippen LogP contribution in [0.2, 0.25) is 0 Å². The van der Waals surface area contributed by atoms with Crippen molar-refractivity contribution in [2.24, 2.45) is 0 Å². The van der Waals surface area contributed by atoms with Crippen molar-refractivity contribution in [1.82, 2.24) is 0 Å². The molecule has 0 heterocycles. The molecule has 36 heavy (non-hydrogen) atoms. The molecule has 0 saturated heterocycles. The zero-order valence-electron chi connectivity index (χ0n) is 19.3. The summed E-state index contributed by atoms with van der Waals surface area (Å²) in [6.45, 7) is 0. The van der Waals surface area contributed by atoms with E-state index in [2.05, 4.69) is 0 Å². The van der Waals surface area contributed by atoms with Crippen molar-refractivity contribution in [2.45, 2.75) is 24.0 Å². The van der Waals surface area contributed by atoms with E-state index in [1.165, 1.54) is 0 Å². The summed E-state index contributed by atoms with van der Waals surface area (Å²) in [6.07, 6.45) is -2.59. The normalized spacial score (nSPS) is 21.8. The molecule has 4 heteroatoms. The maximum Gasteiger partial charge on any atom is 0.119 e. The van der Waals surface area contributed by atoms with Crippen molar-refractivity contribution in [3.05, 3.63) is 108 Å². The van der Waals surface area contributed by atoms with Gasteiger partial charge in [-0.15, -0.1) is 12.2 Å². The number of rotatable bonds is 2. The molecule has 6 aromatic rings. The SMILES string of the molecule is [O-]C1C(c2c(O)ccc3cc4ccccc4cc23)C([O-])C1c1c(O)ccc2cc3ccccc3cc12. The molecular formula is C32H22O4-2. The van der Waals surface area contributed by atoms with Crippen LogP contribution in [0.25, 0.3) is 43.1 Å². The van der Waals surface area contributed by atoms with Crippen molar-refractivity contribution >= 4 is 43.1 Å². The van der Waals surface area contributed by atoms with Crippen molar-refractivity contribution in [2.75, 3.05) is 0 Å². The van der Waals surface area contributed by atoms with Gasteiger partial charge in [0.25, 0.3) is 0 Å². The Morgan fingerprint density at radius 3 is 1.19 bits per heavy atom. The summed E-state index contributed by atoms with van der Waals surface area (Å²) in [7, 11) is 0. The van der Waals surface area contributed by atoms with Gasteiger partial charge in [0.1, 0.15) is 11.5 Å². The van der Waals surface area contributed by atoms with E-state index in [0.717, 1.165) is 43.1 Å². The molecule has 0 bridgehead atoms. The molecule has 1 aliphatic rings. The fraction of sp³-hybridized carbons (Fsp3) is 0.125. The first kappa shape index (κ1) is 21.2. The minimum absolute atomic E-state index is 0.0314. The summed E-state index contributed by atoms with van der Waals surface area (Å²) in [4.78, 5) is 0. The predicted molar refractivity (Wildman–Crippen MR) is 139 cm³/mol. The van der Waals surface area contributed by atoms with Crippen molar-refractivity contribution < 1.29 is 20.4 Å². The highest BCUT2D eigenvalue weighted by Crippen LogP contribution is 2.53. The van der Waals surface area contributed by atoms with Crippen LogP contribution >= 0.6 is 0 Å². The molecule has 0 aromatic heterocycles. The molecule has 0 spiro atoms. The van der Waals surface area contributed by atoms with Crippen LogP contribution in [-0.2, 0) is 0 Å². The Morgan fingerprint density at radius 1 is 0.444 bits per heavy atom. The van der Waals surface area contributed by atoms with Gasteiger partial charge in [0.05, 0.1) is 0 Å². The van der Waals surface area contributed by atoms with Gasteiger partial charge < -0.3 is 20.4 Å². The second-order valence-corrected chi connectivity index (χ2v) is 9.82. The molecule has 0 unspecified atom stereocenters. The highest BCUT2D eigenvalue weighted by Gasteiger charge is 2.42. The molecule has 7 rings (SSSR count). The Balaban J connectivity index is 1.38. The van der Waals surface area contributed by atoms with Gasteiger partial charge in [-0.05, 0) is 91.3 Å². The van der Waals surface area contributed by atoms with Crippen molar-refractivity contribution in [1.29, 1.82) is 0 Å². The molecule has 1 fully saturated rings. The summed E-state index contributed by atoms with van der Waals surface area (Å²) in [5.41, 5.74) is 0.833. The van der Waals surface area contributed by atoms with E-state index in [4.69, 9.17) is 0 Å². The minimum Gasteiger partial charge on any atom is -0.851 e. The van der Waals surface area contributed by atoms with Crippen LogP contribution in [0.3, 0.4) is 0 Å². The smallest absolute Gasteiger partial charge is 0.119 e. The first-order valence-electron chi connectivity index (χ1n) is 12.1. The molecular weight excluding hydrogens is 448 g/mol. The van der Waals surface area contributed by atoms with Gasteiger partial charge >= 0.3 is 0 Å². The van der Waals surface area contributed by atoms with Crippen molar-refractivity contribution in [3.63, 3.8) is 0 Å². The third-order valence-corrected chi connectivity index (χ3v) is 7.89. The van der Waals surface area contributed by atoms with E-state index in [1.54, 1.807) is 12.1 Å². The Morgan fingerprint density at radius 2 is 0.806 bits per heavy atom. The standard InChI is InChI=1S/C32H22O4/c33-25-11-9-21-13-17-5-1-3-7-19(17)15-23(21)27(25)29-31(35)30(32(29)36)28-24-16-20-8-4-2-6-18(20)14-22(24)10-12-26(28)34/h1-16,29-34H/q-2. The predicted octanol–water partition coefficient (Wildman–Crippen LogP) is 5.05. The zero-order chi connectivity index (χ0) is 24.6. The monoisotopic (exact) mass is 470 g/mol. The molecule has 0 atom stereocenters.